The third kappa shape index (κ3) is 2.75. The molecule has 1 atom stereocenters. The van der Waals surface area contributed by atoms with Crippen molar-refractivity contribution in [1.29, 1.82) is 0 Å². The number of hydrogen-bond donors (Lipinski definition) is 1. The van der Waals surface area contributed by atoms with E-state index in [9.17, 15) is 4.39 Å². The van der Waals surface area contributed by atoms with E-state index in [1.165, 1.54) is 11.6 Å². The quantitative estimate of drug-likeness (QED) is 0.869. The summed E-state index contributed by atoms with van der Waals surface area (Å²) in [7, 11) is 0. The van der Waals surface area contributed by atoms with Gasteiger partial charge in [0.2, 0.25) is 0 Å². The van der Waals surface area contributed by atoms with E-state index in [0.29, 0.717) is 11.4 Å². The zero-order valence-corrected chi connectivity index (χ0v) is 11.8. The molecule has 2 aromatic carbocycles. The first kappa shape index (κ1) is 13.6. The Balaban J connectivity index is 1.84. The second kappa shape index (κ2) is 5.56. The van der Waals surface area contributed by atoms with Crippen molar-refractivity contribution in [3.8, 4) is 5.75 Å². The SMILES string of the molecule is CC1Oc2ccc(F)c(N)c2N=C1CCc1ccccc1. The van der Waals surface area contributed by atoms with E-state index in [0.717, 1.165) is 18.6 Å². The predicted molar refractivity (Wildman–Crippen MR) is 82.8 cm³/mol. The van der Waals surface area contributed by atoms with Crippen LogP contribution in [0.1, 0.15) is 18.9 Å². The largest absolute Gasteiger partial charge is 0.482 e. The van der Waals surface area contributed by atoms with Crippen molar-refractivity contribution in [3.63, 3.8) is 0 Å². The van der Waals surface area contributed by atoms with Crippen LogP contribution >= 0.6 is 0 Å². The Bertz CT molecular complexity index is 683. The second-order valence-corrected chi connectivity index (χ2v) is 5.16. The summed E-state index contributed by atoms with van der Waals surface area (Å²) in [6.07, 6.45) is 1.52. The average molecular weight is 284 g/mol. The third-order valence-corrected chi connectivity index (χ3v) is 3.67. The number of nitrogen functional groups attached to an aromatic ring is 1. The maximum Gasteiger partial charge on any atom is 0.148 e. The Labute approximate surface area is 123 Å². The Kier molecular flexibility index (Phi) is 3.60. The van der Waals surface area contributed by atoms with Crippen LogP contribution in [0.15, 0.2) is 47.5 Å². The van der Waals surface area contributed by atoms with Gasteiger partial charge in [-0.2, -0.15) is 0 Å². The monoisotopic (exact) mass is 284 g/mol. The Hall–Kier alpha value is -2.36. The molecule has 0 radical (unpaired) electrons. The number of nitrogens with two attached hydrogens (primary N) is 1. The van der Waals surface area contributed by atoms with Crippen molar-refractivity contribution in [1.82, 2.24) is 0 Å². The Morgan fingerprint density at radius 3 is 2.67 bits per heavy atom. The molecule has 3 rings (SSSR count). The summed E-state index contributed by atoms with van der Waals surface area (Å²) in [5, 5.41) is 0. The van der Waals surface area contributed by atoms with Crippen molar-refractivity contribution in [2.75, 3.05) is 5.73 Å². The van der Waals surface area contributed by atoms with Crippen molar-refractivity contribution in [3.05, 3.63) is 53.8 Å². The lowest BCUT2D eigenvalue weighted by Gasteiger charge is -2.24. The first-order valence-electron chi connectivity index (χ1n) is 7.01. The summed E-state index contributed by atoms with van der Waals surface area (Å²) >= 11 is 0. The maximum atomic E-state index is 13.5. The molecule has 0 saturated carbocycles. The molecule has 1 heterocycles. The lowest BCUT2D eigenvalue weighted by molar-refractivity contribution is 0.280. The molecule has 0 saturated heterocycles. The molecule has 0 amide bonds. The molecule has 0 aromatic heterocycles. The minimum absolute atomic E-state index is 0.0524. The molecule has 0 bridgehead atoms. The van der Waals surface area contributed by atoms with Crippen molar-refractivity contribution >= 4 is 17.1 Å². The zero-order chi connectivity index (χ0) is 14.8. The minimum atomic E-state index is -0.460. The summed E-state index contributed by atoms with van der Waals surface area (Å²) in [5.74, 6) is 0.0860. The third-order valence-electron chi connectivity index (χ3n) is 3.67. The van der Waals surface area contributed by atoms with Gasteiger partial charge in [0.25, 0.3) is 0 Å². The Morgan fingerprint density at radius 1 is 1.14 bits per heavy atom. The second-order valence-electron chi connectivity index (χ2n) is 5.16. The van der Waals surface area contributed by atoms with Gasteiger partial charge in [-0.25, -0.2) is 9.38 Å². The highest BCUT2D eigenvalue weighted by molar-refractivity contribution is 5.95. The average Bonchev–Trinajstić information content (AvgIpc) is 2.50. The highest BCUT2D eigenvalue weighted by atomic mass is 19.1. The molecule has 1 unspecified atom stereocenters. The first-order valence-corrected chi connectivity index (χ1v) is 7.01. The number of rotatable bonds is 3. The molecule has 108 valence electrons. The van der Waals surface area contributed by atoms with Crippen LogP contribution in [0, 0.1) is 5.82 Å². The number of hydrogen-bond acceptors (Lipinski definition) is 3. The molecular weight excluding hydrogens is 267 g/mol. The van der Waals surface area contributed by atoms with Gasteiger partial charge >= 0.3 is 0 Å². The van der Waals surface area contributed by atoms with E-state index in [4.69, 9.17) is 10.5 Å². The van der Waals surface area contributed by atoms with E-state index in [1.807, 2.05) is 25.1 Å². The predicted octanol–water partition coefficient (Wildman–Crippen LogP) is 3.89. The van der Waals surface area contributed by atoms with E-state index in [2.05, 4.69) is 17.1 Å². The van der Waals surface area contributed by atoms with Crippen LogP contribution in [0.25, 0.3) is 0 Å². The van der Waals surface area contributed by atoms with Crippen molar-refractivity contribution < 1.29 is 9.13 Å². The Morgan fingerprint density at radius 2 is 1.90 bits per heavy atom. The normalized spacial score (nSPS) is 16.9. The molecule has 1 aliphatic heterocycles. The van der Waals surface area contributed by atoms with Crippen LogP contribution < -0.4 is 10.5 Å². The maximum absolute atomic E-state index is 13.5. The van der Waals surface area contributed by atoms with E-state index >= 15 is 0 Å². The number of benzene rings is 2. The molecule has 2 aromatic rings. The fourth-order valence-corrected chi connectivity index (χ4v) is 2.44. The van der Waals surface area contributed by atoms with Crippen LogP contribution in [0.3, 0.4) is 0 Å². The molecule has 1 aliphatic rings. The lowest BCUT2D eigenvalue weighted by Crippen LogP contribution is -2.27. The van der Waals surface area contributed by atoms with Gasteiger partial charge in [0.05, 0.1) is 11.4 Å². The van der Waals surface area contributed by atoms with Crippen LogP contribution in [0.5, 0.6) is 5.75 Å². The number of fused-ring (bicyclic) bond motifs is 1. The van der Waals surface area contributed by atoms with Gasteiger partial charge in [-0.3, -0.25) is 0 Å². The molecular formula is C17H17FN2O. The molecule has 3 nitrogen and oxygen atoms in total. The molecule has 0 fully saturated rings. The minimum Gasteiger partial charge on any atom is -0.482 e. The van der Waals surface area contributed by atoms with Crippen LogP contribution in [-0.4, -0.2) is 11.8 Å². The first-order chi connectivity index (χ1) is 10.1. The fraction of sp³-hybridized carbons (Fsp3) is 0.235. The molecule has 4 heteroatoms. The van der Waals surface area contributed by atoms with Crippen molar-refractivity contribution in [2.24, 2.45) is 4.99 Å². The van der Waals surface area contributed by atoms with E-state index in [-0.39, 0.29) is 11.8 Å². The number of halogens is 1. The van der Waals surface area contributed by atoms with Crippen LogP contribution in [0.2, 0.25) is 0 Å². The van der Waals surface area contributed by atoms with Gasteiger partial charge in [0.1, 0.15) is 23.4 Å². The van der Waals surface area contributed by atoms with Gasteiger partial charge in [-0.05, 0) is 37.5 Å². The van der Waals surface area contributed by atoms with E-state index < -0.39 is 5.82 Å². The number of ether oxygens (including phenoxy) is 1. The van der Waals surface area contributed by atoms with Gasteiger partial charge in [0, 0.05) is 0 Å². The number of nitrogens with zero attached hydrogens (tertiary/aromatic N) is 1. The highest BCUT2D eigenvalue weighted by Gasteiger charge is 2.23. The summed E-state index contributed by atoms with van der Waals surface area (Å²) < 4.78 is 19.3. The van der Waals surface area contributed by atoms with E-state index in [1.54, 1.807) is 6.07 Å². The van der Waals surface area contributed by atoms with Crippen LogP contribution in [-0.2, 0) is 6.42 Å². The molecule has 2 N–H and O–H groups in total. The zero-order valence-electron chi connectivity index (χ0n) is 11.8. The van der Waals surface area contributed by atoms with Crippen LogP contribution in [0.4, 0.5) is 15.8 Å². The number of aryl methyl sites for hydroxylation is 1. The summed E-state index contributed by atoms with van der Waals surface area (Å²) in [6, 6.07) is 13.1. The standard InChI is InChI=1S/C17H17FN2O/c1-11-14(9-7-12-5-3-2-4-6-12)20-17-15(21-11)10-8-13(18)16(17)19/h2-6,8,10-11H,7,9,19H2,1H3. The number of anilines is 1. The van der Waals surface area contributed by atoms with Crippen molar-refractivity contribution in [2.45, 2.75) is 25.9 Å². The summed E-state index contributed by atoms with van der Waals surface area (Å²) in [5.41, 5.74) is 8.36. The summed E-state index contributed by atoms with van der Waals surface area (Å²) in [6.45, 7) is 1.95. The van der Waals surface area contributed by atoms with Gasteiger partial charge < -0.3 is 10.5 Å². The van der Waals surface area contributed by atoms with Gasteiger partial charge in [-0.15, -0.1) is 0 Å². The smallest absolute Gasteiger partial charge is 0.148 e. The van der Waals surface area contributed by atoms with Gasteiger partial charge in [0.15, 0.2) is 0 Å². The molecule has 21 heavy (non-hydrogen) atoms. The van der Waals surface area contributed by atoms with Gasteiger partial charge in [-0.1, -0.05) is 30.3 Å². The molecule has 0 aliphatic carbocycles. The topological polar surface area (TPSA) is 47.6 Å². The highest BCUT2D eigenvalue weighted by Crippen LogP contribution is 2.39. The fourth-order valence-electron chi connectivity index (χ4n) is 2.44. The molecule has 0 spiro atoms. The number of aliphatic imine (C=N–C) groups is 1. The lowest BCUT2D eigenvalue weighted by atomic mass is 10.0. The summed E-state index contributed by atoms with van der Waals surface area (Å²) in [4.78, 5) is 4.53.